The van der Waals surface area contributed by atoms with E-state index in [2.05, 4.69) is 15.9 Å². The molecule has 0 radical (unpaired) electrons. The number of alkyl halides is 1. The molecular formula is C9H7BrClFO. The van der Waals surface area contributed by atoms with Crippen LogP contribution in [0.25, 0.3) is 0 Å². The van der Waals surface area contributed by atoms with Gasteiger partial charge in [-0.3, -0.25) is 4.79 Å². The quantitative estimate of drug-likeness (QED) is 0.605. The van der Waals surface area contributed by atoms with Gasteiger partial charge < -0.3 is 0 Å². The molecular weight excluding hydrogens is 258 g/mol. The Kier molecular flexibility index (Phi) is 3.88. The van der Waals surface area contributed by atoms with E-state index in [0.29, 0.717) is 4.47 Å². The van der Waals surface area contributed by atoms with Crippen LogP contribution in [-0.2, 0) is 0 Å². The predicted octanol–water partition coefficient (Wildman–Crippen LogP) is 3.40. The summed E-state index contributed by atoms with van der Waals surface area (Å²) in [5.41, 5.74) is 0.0926. The molecule has 70 valence electrons. The molecule has 4 heteroatoms. The molecule has 0 saturated carbocycles. The van der Waals surface area contributed by atoms with Gasteiger partial charge in [-0.1, -0.05) is 6.07 Å². The Morgan fingerprint density at radius 2 is 2.23 bits per heavy atom. The maximum Gasteiger partial charge on any atom is 0.167 e. The van der Waals surface area contributed by atoms with Gasteiger partial charge in [0, 0.05) is 12.3 Å². The van der Waals surface area contributed by atoms with E-state index in [0.717, 1.165) is 0 Å². The van der Waals surface area contributed by atoms with Gasteiger partial charge in [0.2, 0.25) is 0 Å². The summed E-state index contributed by atoms with van der Waals surface area (Å²) in [7, 11) is 0. The highest BCUT2D eigenvalue weighted by molar-refractivity contribution is 9.10. The van der Waals surface area contributed by atoms with Crippen LogP contribution in [0, 0.1) is 5.82 Å². The zero-order valence-corrected chi connectivity index (χ0v) is 9.03. The lowest BCUT2D eigenvalue weighted by Crippen LogP contribution is -2.03. The zero-order valence-electron chi connectivity index (χ0n) is 6.69. The number of ketones is 1. The summed E-state index contributed by atoms with van der Waals surface area (Å²) in [6.07, 6.45) is 0.162. The minimum atomic E-state index is -0.516. The Balaban J connectivity index is 3.01. The summed E-state index contributed by atoms with van der Waals surface area (Å²) in [4.78, 5) is 11.3. The molecule has 0 aliphatic carbocycles. The summed E-state index contributed by atoms with van der Waals surface area (Å²) in [5.74, 6) is -0.573. The maximum atomic E-state index is 13.3. The first-order valence-electron chi connectivity index (χ1n) is 3.70. The summed E-state index contributed by atoms with van der Waals surface area (Å²) in [5, 5.41) is 0. The third kappa shape index (κ3) is 2.51. The molecule has 1 aromatic carbocycles. The zero-order chi connectivity index (χ0) is 9.84. The second kappa shape index (κ2) is 4.72. The Morgan fingerprint density at radius 1 is 1.54 bits per heavy atom. The van der Waals surface area contributed by atoms with Crippen molar-refractivity contribution in [1.82, 2.24) is 0 Å². The fourth-order valence-electron chi connectivity index (χ4n) is 0.940. The smallest absolute Gasteiger partial charge is 0.167 e. The molecule has 0 bridgehead atoms. The third-order valence-corrected chi connectivity index (χ3v) is 2.37. The predicted molar refractivity (Wildman–Crippen MR) is 53.8 cm³/mol. The van der Waals surface area contributed by atoms with E-state index in [1.807, 2.05) is 0 Å². The van der Waals surface area contributed by atoms with Crippen LogP contribution in [0.5, 0.6) is 0 Å². The van der Waals surface area contributed by atoms with E-state index >= 15 is 0 Å². The van der Waals surface area contributed by atoms with Crippen molar-refractivity contribution in [1.29, 1.82) is 0 Å². The minimum absolute atomic E-state index is 0.0926. The van der Waals surface area contributed by atoms with Crippen LogP contribution in [0.1, 0.15) is 16.8 Å². The topological polar surface area (TPSA) is 17.1 Å². The summed E-state index contributed by atoms with van der Waals surface area (Å²) in [6.45, 7) is 0. The van der Waals surface area contributed by atoms with E-state index in [-0.39, 0.29) is 23.6 Å². The second-order valence-corrected chi connectivity index (χ2v) is 3.70. The largest absolute Gasteiger partial charge is 0.294 e. The first kappa shape index (κ1) is 10.7. The van der Waals surface area contributed by atoms with Crippen molar-refractivity contribution in [3.05, 3.63) is 34.1 Å². The Hall–Kier alpha value is -0.410. The van der Waals surface area contributed by atoms with Crippen molar-refractivity contribution < 1.29 is 9.18 Å². The highest BCUT2D eigenvalue weighted by Crippen LogP contribution is 2.19. The molecule has 1 rings (SSSR count). The van der Waals surface area contributed by atoms with Crippen LogP contribution in [0.15, 0.2) is 22.7 Å². The van der Waals surface area contributed by atoms with Crippen LogP contribution in [0.2, 0.25) is 0 Å². The molecule has 0 aliphatic heterocycles. The normalized spacial score (nSPS) is 10.1. The third-order valence-electron chi connectivity index (χ3n) is 1.57. The Morgan fingerprint density at radius 3 is 2.85 bits per heavy atom. The van der Waals surface area contributed by atoms with E-state index in [9.17, 15) is 9.18 Å². The number of carbonyl (C=O) groups is 1. The molecule has 0 N–H and O–H groups in total. The molecule has 1 nitrogen and oxygen atoms in total. The van der Waals surface area contributed by atoms with Gasteiger partial charge in [-0.15, -0.1) is 11.6 Å². The lowest BCUT2D eigenvalue weighted by atomic mass is 10.1. The number of hydrogen-bond donors (Lipinski definition) is 0. The molecule has 0 fully saturated rings. The molecule has 0 saturated heterocycles. The molecule has 0 amide bonds. The lowest BCUT2D eigenvalue weighted by molar-refractivity contribution is 0.0985. The maximum absolute atomic E-state index is 13.3. The van der Waals surface area contributed by atoms with Crippen molar-refractivity contribution >= 4 is 33.3 Å². The first-order chi connectivity index (χ1) is 6.16. The average molecular weight is 266 g/mol. The molecule has 0 unspecified atom stereocenters. The van der Waals surface area contributed by atoms with Gasteiger partial charge >= 0.3 is 0 Å². The van der Waals surface area contributed by atoms with Gasteiger partial charge in [-0.05, 0) is 28.1 Å². The van der Waals surface area contributed by atoms with Gasteiger partial charge in [0.1, 0.15) is 5.82 Å². The highest BCUT2D eigenvalue weighted by atomic mass is 79.9. The van der Waals surface area contributed by atoms with E-state index in [4.69, 9.17) is 11.6 Å². The summed E-state index contributed by atoms with van der Waals surface area (Å²) >= 11 is 8.39. The fraction of sp³-hybridized carbons (Fsp3) is 0.222. The standard InChI is InChI=1S/C9H7BrClFO/c10-7-3-1-2-6(9(7)12)8(13)4-5-11/h1-3H,4-5H2. The number of carbonyl (C=O) groups excluding carboxylic acids is 1. The van der Waals surface area contributed by atoms with E-state index in [1.54, 1.807) is 12.1 Å². The van der Waals surface area contributed by atoms with Crippen molar-refractivity contribution in [2.45, 2.75) is 6.42 Å². The van der Waals surface area contributed by atoms with Gasteiger partial charge in [0.05, 0.1) is 10.0 Å². The number of halogens is 3. The molecule has 0 aromatic heterocycles. The highest BCUT2D eigenvalue weighted by Gasteiger charge is 2.12. The Labute approximate surface area is 89.0 Å². The van der Waals surface area contributed by atoms with Crippen LogP contribution in [-0.4, -0.2) is 11.7 Å². The van der Waals surface area contributed by atoms with Gasteiger partial charge in [-0.25, -0.2) is 4.39 Å². The van der Waals surface area contributed by atoms with Crippen LogP contribution < -0.4 is 0 Å². The van der Waals surface area contributed by atoms with Crippen molar-refractivity contribution in [3.63, 3.8) is 0 Å². The molecule has 13 heavy (non-hydrogen) atoms. The number of rotatable bonds is 3. The molecule has 0 aliphatic rings. The van der Waals surface area contributed by atoms with Crippen LogP contribution in [0.4, 0.5) is 4.39 Å². The monoisotopic (exact) mass is 264 g/mol. The lowest BCUT2D eigenvalue weighted by Gasteiger charge is -2.01. The Bertz CT molecular complexity index is 327. The van der Waals surface area contributed by atoms with E-state index in [1.165, 1.54) is 6.07 Å². The number of benzene rings is 1. The number of Topliss-reactive ketones (excluding diaryl/α,β-unsaturated/α-hetero) is 1. The molecule has 1 aromatic rings. The second-order valence-electron chi connectivity index (χ2n) is 2.46. The molecule has 0 atom stereocenters. The minimum Gasteiger partial charge on any atom is -0.294 e. The summed E-state index contributed by atoms with van der Waals surface area (Å²) in [6, 6.07) is 4.62. The van der Waals surface area contributed by atoms with Crippen LogP contribution in [0.3, 0.4) is 0 Å². The van der Waals surface area contributed by atoms with Gasteiger partial charge in [-0.2, -0.15) is 0 Å². The molecule has 0 spiro atoms. The van der Waals surface area contributed by atoms with Gasteiger partial charge in [0.15, 0.2) is 5.78 Å². The van der Waals surface area contributed by atoms with Crippen molar-refractivity contribution in [3.8, 4) is 0 Å². The summed E-state index contributed by atoms with van der Waals surface area (Å²) < 4.78 is 13.6. The van der Waals surface area contributed by atoms with Crippen molar-refractivity contribution in [2.75, 3.05) is 5.88 Å². The SMILES string of the molecule is O=C(CCCl)c1cccc(Br)c1F. The van der Waals surface area contributed by atoms with Crippen molar-refractivity contribution in [2.24, 2.45) is 0 Å². The molecule has 0 heterocycles. The van der Waals surface area contributed by atoms with Gasteiger partial charge in [0.25, 0.3) is 0 Å². The van der Waals surface area contributed by atoms with E-state index < -0.39 is 5.82 Å². The number of hydrogen-bond acceptors (Lipinski definition) is 1. The van der Waals surface area contributed by atoms with Crippen LogP contribution >= 0.6 is 27.5 Å². The average Bonchev–Trinajstić information content (AvgIpc) is 2.10. The first-order valence-corrected chi connectivity index (χ1v) is 5.02. The fourth-order valence-corrected chi connectivity index (χ4v) is 1.48.